The number of aromatic nitrogens is 3. The minimum atomic E-state index is -0.135. The Morgan fingerprint density at radius 3 is 2.80 bits per heavy atom. The molecule has 1 saturated heterocycles. The SMILES string of the molecule is O=C(c1nnc2ccccc2n1)N1CCOCC12CC2. The molecule has 1 aliphatic heterocycles. The summed E-state index contributed by atoms with van der Waals surface area (Å²) in [7, 11) is 0. The van der Waals surface area contributed by atoms with Crippen LogP contribution in [0.15, 0.2) is 24.3 Å². The summed E-state index contributed by atoms with van der Waals surface area (Å²) in [5.41, 5.74) is 1.29. The van der Waals surface area contributed by atoms with Crippen molar-refractivity contribution in [2.75, 3.05) is 19.8 Å². The van der Waals surface area contributed by atoms with Crippen LogP contribution in [0.25, 0.3) is 11.0 Å². The van der Waals surface area contributed by atoms with E-state index in [0.717, 1.165) is 12.8 Å². The van der Waals surface area contributed by atoms with E-state index in [0.29, 0.717) is 30.8 Å². The van der Waals surface area contributed by atoms with Gasteiger partial charge in [-0.15, -0.1) is 10.2 Å². The first kappa shape index (κ1) is 11.7. The number of morpholine rings is 1. The lowest BCUT2D eigenvalue weighted by Crippen LogP contribution is -2.51. The van der Waals surface area contributed by atoms with Gasteiger partial charge in [-0.3, -0.25) is 4.79 Å². The summed E-state index contributed by atoms with van der Waals surface area (Å²) in [6.07, 6.45) is 2.00. The predicted molar refractivity (Wildman–Crippen MR) is 71.2 cm³/mol. The standard InChI is InChI=1S/C14H14N4O2/c19-13(18-7-8-20-9-14(18)5-6-14)12-15-10-3-1-2-4-11(10)16-17-12/h1-4H,5-9H2. The third-order valence-electron chi connectivity index (χ3n) is 4.03. The molecular weight excluding hydrogens is 256 g/mol. The van der Waals surface area contributed by atoms with Crippen LogP contribution in [0, 0.1) is 0 Å². The van der Waals surface area contributed by atoms with Gasteiger partial charge in [0.05, 0.1) is 24.3 Å². The largest absolute Gasteiger partial charge is 0.377 e. The number of hydrogen-bond acceptors (Lipinski definition) is 5. The molecule has 0 radical (unpaired) electrons. The lowest BCUT2D eigenvalue weighted by Gasteiger charge is -2.35. The molecule has 1 aliphatic carbocycles. The molecule has 6 nitrogen and oxygen atoms in total. The highest BCUT2D eigenvalue weighted by Gasteiger charge is 2.52. The Hall–Kier alpha value is -2.08. The number of nitrogens with zero attached hydrogens (tertiary/aromatic N) is 4. The van der Waals surface area contributed by atoms with E-state index >= 15 is 0 Å². The van der Waals surface area contributed by atoms with Gasteiger partial charge in [-0.25, -0.2) is 4.98 Å². The van der Waals surface area contributed by atoms with Crippen LogP contribution in [0.1, 0.15) is 23.5 Å². The molecule has 1 saturated carbocycles. The van der Waals surface area contributed by atoms with Gasteiger partial charge in [0.2, 0.25) is 5.82 Å². The zero-order chi connectivity index (χ0) is 13.6. The third kappa shape index (κ3) is 1.76. The van der Waals surface area contributed by atoms with Crippen LogP contribution in [-0.4, -0.2) is 51.3 Å². The maximum Gasteiger partial charge on any atom is 0.294 e. The number of ether oxygens (including phenoxy) is 1. The van der Waals surface area contributed by atoms with Crippen molar-refractivity contribution in [3.63, 3.8) is 0 Å². The number of fused-ring (bicyclic) bond motifs is 1. The van der Waals surface area contributed by atoms with E-state index in [4.69, 9.17) is 4.74 Å². The Kier molecular flexibility index (Phi) is 2.47. The van der Waals surface area contributed by atoms with E-state index in [-0.39, 0.29) is 17.3 Å². The fraction of sp³-hybridized carbons (Fsp3) is 0.429. The van der Waals surface area contributed by atoms with Gasteiger partial charge in [-0.1, -0.05) is 12.1 Å². The van der Waals surface area contributed by atoms with Gasteiger partial charge >= 0.3 is 0 Å². The van der Waals surface area contributed by atoms with Crippen LogP contribution < -0.4 is 0 Å². The first-order valence-corrected chi connectivity index (χ1v) is 6.78. The van der Waals surface area contributed by atoms with Crippen molar-refractivity contribution < 1.29 is 9.53 Å². The Labute approximate surface area is 115 Å². The summed E-state index contributed by atoms with van der Waals surface area (Å²) < 4.78 is 5.48. The van der Waals surface area contributed by atoms with E-state index in [1.54, 1.807) is 0 Å². The molecule has 0 bridgehead atoms. The Bertz CT molecular complexity index is 684. The number of benzene rings is 1. The fourth-order valence-corrected chi connectivity index (χ4v) is 2.70. The number of rotatable bonds is 1. The summed E-state index contributed by atoms with van der Waals surface area (Å²) in [5, 5.41) is 8.06. The van der Waals surface area contributed by atoms with Crippen molar-refractivity contribution in [1.29, 1.82) is 0 Å². The number of carbonyl (C=O) groups excluding carboxylic acids is 1. The van der Waals surface area contributed by atoms with Crippen LogP contribution in [0.5, 0.6) is 0 Å². The Balaban J connectivity index is 1.69. The molecule has 6 heteroatoms. The number of amides is 1. The highest BCUT2D eigenvalue weighted by atomic mass is 16.5. The fourth-order valence-electron chi connectivity index (χ4n) is 2.70. The molecule has 0 atom stereocenters. The number of hydrogen-bond donors (Lipinski definition) is 0. The van der Waals surface area contributed by atoms with E-state index in [2.05, 4.69) is 15.2 Å². The summed E-state index contributed by atoms with van der Waals surface area (Å²) in [6.45, 7) is 1.81. The van der Waals surface area contributed by atoms with Gasteiger partial charge in [0, 0.05) is 6.54 Å². The van der Waals surface area contributed by atoms with Crippen LogP contribution in [0.3, 0.4) is 0 Å². The smallest absolute Gasteiger partial charge is 0.294 e. The van der Waals surface area contributed by atoms with Crippen molar-refractivity contribution in [2.24, 2.45) is 0 Å². The van der Waals surface area contributed by atoms with Crippen molar-refractivity contribution in [3.8, 4) is 0 Å². The Morgan fingerprint density at radius 1 is 1.20 bits per heavy atom. The van der Waals surface area contributed by atoms with Gasteiger partial charge in [-0.2, -0.15) is 0 Å². The first-order valence-electron chi connectivity index (χ1n) is 6.78. The van der Waals surface area contributed by atoms with E-state index in [9.17, 15) is 4.79 Å². The van der Waals surface area contributed by atoms with Crippen LogP contribution in [-0.2, 0) is 4.74 Å². The normalized spacial score (nSPS) is 20.3. The van der Waals surface area contributed by atoms with Crippen LogP contribution >= 0.6 is 0 Å². The third-order valence-corrected chi connectivity index (χ3v) is 4.03. The second kappa shape index (κ2) is 4.21. The predicted octanol–water partition coefficient (Wildman–Crippen LogP) is 1.03. The second-order valence-electron chi connectivity index (χ2n) is 5.36. The minimum Gasteiger partial charge on any atom is -0.377 e. The van der Waals surface area contributed by atoms with E-state index < -0.39 is 0 Å². The van der Waals surface area contributed by atoms with E-state index in [1.165, 1.54) is 0 Å². The maximum atomic E-state index is 12.6. The van der Waals surface area contributed by atoms with Crippen molar-refractivity contribution in [3.05, 3.63) is 30.1 Å². The lowest BCUT2D eigenvalue weighted by molar-refractivity contribution is -0.0124. The van der Waals surface area contributed by atoms with Gasteiger partial charge < -0.3 is 9.64 Å². The molecule has 2 fully saturated rings. The topological polar surface area (TPSA) is 68.2 Å². The molecule has 2 heterocycles. The van der Waals surface area contributed by atoms with Gasteiger partial charge in [0.15, 0.2) is 0 Å². The highest BCUT2D eigenvalue weighted by Crippen LogP contribution is 2.43. The van der Waals surface area contributed by atoms with Crippen molar-refractivity contribution in [1.82, 2.24) is 20.1 Å². The van der Waals surface area contributed by atoms with Crippen molar-refractivity contribution >= 4 is 16.9 Å². The number of para-hydroxylation sites is 1. The molecule has 1 aromatic carbocycles. The van der Waals surface area contributed by atoms with Gasteiger partial charge in [0.1, 0.15) is 5.52 Å². The monoisotopic (exact) mass is 270 g/mol. The Morgan fingerprint density at radius 2 is 2.00 bits per heavy atom. The molecular formula is C14H14N4O2. The molecule has 2 aliphatic rings. The summed E-state index contributed by atoms with van der Waals surface area (Å²) in [4.78, 5) is 18.8. The number of carbonyl (C=O) groups is 1. The van der Waals surface area contributed by atoms with Gasteiger partial charge in [-0.05, 0) is 25.0 Å². The molecule has 102 valence electrons. The molecule has 1 amide bonds. The van der Waals surface area contributed by atoms with Gasteiger partial charge in [0.25, 0.3) is 5.91 Å². The molecule has 2 aromatic rings. The summed E-state index contributed by atoms with van der Waals surface area (Å²) in [6, 6.07) is 7.43. The molecule has 0 unspecified atom stereocenters. The van der Waals surface area contributed by atoms with Crippen LogP contribution in [0.4, 0.5) is 0 Å². The molecule has 0 N–H and O–H groups in total. The maximum absolute atomic E-state index is 12.6. The minimum absolute atomic E-state index is 0.107. The summed E-state index contributed by atoms with van der Waals surface area (Å²) in [5.74, 6) is 0.0425. The van der Waals surface area contributed by atoms with E-state index in [1.807, 2.05) is 29.2 Å². The van der Waals surface area contributed by atoms with Crippen molar-refractivity contribution in [2.45, 2.75) is 18.4 Å². The average Bonchev–Trinajstić information content (AvgIpc) is 3.26. The van der Waals surface area contributed by atoms with Crippen LogP contribution in [0.2, 0.25) is 0 Å². The average molecular weight is 270 g/mol. The quantitative estimate of drug-likeness (QED) is 0.774. The molecule has 1 spiro atoms. The lowest BCUT2D eigenvalue weighted by atomic mass is 10.2. The summed E-state index contributed by atoms with van der Waals surface area (Å²) >= 11 is 0. The highest BCUT2D eigenvalue weighted by molar-refractivity contribution is 5.92. The zero-order valence-corrected chi connectivity index (χ0v) is 11.0. The molecule has 20 heavy (non-hydrogen) atoms. The zero-order valence-electron chi connectivity index (χ0n) is 11.0. The molecule has 1 aromatic heterocycles. The first-order chi connectivity index (χ1) is 9.78. The molecule has 4 rings (SSSR count). The second-order valence-corrected chi connectivity index (χ2v) is 5.36.